The van der Waals surface area contributed by atoms with Crippen molar-refractivity contribution in [1.82, 2.24) is 20.5 Å². The zero-order valence-electron chi connectivity index (χ0n) is 14.8. The third-order valence-electron chi connectivity index (χ3n) is 5.19. The molecule has 8 nitrogen and oxygen atoms in total. The van der Waals surface area contributed by atoms with Crippen molar-refractivity contribution in [3.05, 3.63) is 17.3 Å². The van der Waals surface area contributed by atoms with Crippen LogP contribution in [0.3, 0.4) is 0 Å². The standard InChI is InChI=1S/C17H24N4O4/c1-10-4-6-17(7-5-10)15(23)21(16(24)20-17)9-13(22)18-8-14-19-11(2)12(3)25-14/h10H,4-9H2,1-3H3,(H,18,22)(H,20,24). The van der Waals surface area contributed by atoms with Crippen molar-refractivity contribution in [2.75, 3.05) is 6.54 Å². The predicted octanol–water partition coefficient (Wildman–Crippen LogP) is 1.41. The number of aromatic nitrogens is 1. The molecule has 136 valence electrons. The minimum atomic E-state index is -0.819. The summed E-state index contributed by atoms with van der Waals surface area (Å²) in [7, 11) is 0. The zero-order chi connectivity index (χ0) is 18.2. The van der Waals surface area contributed by atoms with Gasteiger partial charge in [0.25, 0.3) is 5.91 Å². The SMILES string of the molecule is Cc1nc(CNC(=O)CN2C(=O)NC3(CCC(C)CC3)C2=O)oc1C. The number of amides is 4. The van der Waals surface area contributed by atoms with E-state index in [-0.39, 0.29) is 19.0 Å². The second-order valence-electron chi connectivity index (χ2n) is 7.11. The molecule has 3 rings (SSSR count). The molecular formula is C17H24N4O4. The molecule has 2 N–H and O–H groups in total. The largest absolute Gasteiger partial charge is 0.444 e. The van der Waals surface area contributed by atoms with Crippen LogP contribution in [0.5, 0.6) is 0 Å². The number of carbonyl (C=O) groups excluding carboxylic acids is 3. The molecule has 0 atom stereocenters. The number of nitrogens with zero attached hydrogens (tertiary/aromatic N) is 2. The summed E-state index contributed by atoms with van der Waals surface area (Å²) in [6.45, 7) is 5.60. The minimum absolute atomic E-state index is 0.125. The Morgan fingerprint density at radius 1 is 1.36 bits per heavy atom. The number of urea groups is 1. The van der Waals surface area contributed by atoms with Gasteiger partial charge in [0.2, 0.25) is 11.8 Å². The Morgan fingerprint density at radius 2 is 2.04 bits per heavy atom. The number of imide groups is 1. The van der Waals surface area contributed by atoms with Crippen LogP contribution in [-0.4, -0.2) is 39.8 Å². The first kappa shape index (κ1) is 17.4. The van der Waals surface area contributed by atoms with Crippen LogP contribution in [0.1, 0.15) is 50.0 Å². The number of rotatable bonds is 4. The van der Waals surface area contributed by atoms with Crippen LogP contribution in [0, 0.1) is 19.8 Å². The summed E-state index contributed by atoms with van der Waals surface area (Å²) in [6.07, 6.45) is 3.06. The average Bonchev–Trinajstić information content (AvgIpc) is 3.00. The fourth-order valence-electron chi connectivity index (χ4n) is 3.40. The van der Waals surface area contributed by atoms with Gasteiger partial charge in [-0.3, -0.25) is 14.5 Å². The van der Waals surface area contributed by atoms with Gasteiger partial charge in [-0.1, -0.05) is 6.92 Å². The van der Waals surface area contributed by atoms with E-state index in [0.717, 1.165) is 23.4 Å². The predicted molar refractivity (Wildman–Crippen MR) is 88.4 cm³/mol. The van der Waals surface area contributed by atoms with E-state index in [2.05, 4.69) is 22.5 Å². The molecule has 1 spiro atoms. The molecule has 2 heterocycles. The lowest BCUT2D eigenvalue weighted by atomic mass is 9.77. The van der Waals surface area contributed by atoms with E-state index in [4.69, 9.17) is 4.42 Å². The normalized spacial score (nSPS) is 26.2. The highest BCUT2D eigenvalue weighted by Crippen LogP contribution is 2.36. The molecule has 1 aliphatic heterocycles. The van der Waals surface area contributed by atoms with Crippen molar-refractivity contribution in [3.63, 3.8) is 0 Å². The monoisotopic (exact) mass is 348 g/mol. The van der Waals surface area contributed by atoms with Gasteiger partial charge in [-0.25, -0.2) is 9.78 Å². The summed E-state index contributed by atoms with van der Waals surface area (Å²) in [5, 5.41) is 5.44. The van der Waals surface area contributed by atoms with Gasteiger partial charge in [-0.05, 0) is 45.4 Å². The van der Waals surface area contributed by atoms with Crippen LogP contribution < -0.4 is 10.6 Å². The lowest BCUT2D eigenvalue weighted by molar-refractivity contribution is -0.136. The Bertz CT molecular complexity index is 684. The van der Waals surface area contributed by atoms with Crippen molar-refractivity contribution >= 4 is 17.8 Å². The summed E-state index contributed by atoms with van der Waals surface area (Å²) >= 11 is 0. The van der Waals surface area contributed by atoms with Crippen LogP contribution in [0.2, 0.25) is 0 Å². The van der Waals surface area contributed by atoms with Crippen LogP contribution in [0.15, 0.2) is 4.42 Å². The third kappa shape index (κ3) is 3.38. The molecule has 1 saturated heterocycles. The molecule has 0 radical (unpaired) electrons. The molecule has 2 aliphatic rings. The van der Waals surface area contributed by atoms with E-state index < -0.39 is 17.5 Å². The summed E-state index contributed by atoms with van der Waals surface area (Å²) in [4.78, 5) is 42.2. The molecule has 0 aromatic carbocycles. The third-order valence-corrected chi connectivity index (χ3v) is 5.19. The number of hydrogen-bond acceptors (Lipinski definition) is 5. The van der Waals surface area contributed by atoms with Gasteiger partial charge in [-0.15, -0.1) is 0 Å². The summed E-state index contributed by atoms with van der Waals surface area (Å²) in [5.41, 5.74) is -0.0486. The van der Waals surface area contributed by atoms with Crippen molar-refractivity contribution in [1.29, 1.82) is 0 Å². The van der Waals surface area contributed by atoms with E-state index >= 15 is 0 Å². The minimum Gasteiger partial charge on any atom is -0.444 e. The Labute approximate surface area is 146 Å². The van der Waals surface area contributed by atoms with E-state index in [1.165, 1.54) is 0 Å². The van der Waals surface area contributed by atoms with Crippen LogP contribution in [0.4, 0.5) is 4.79 Å². The molecule has 1 saturated carbocycles. The molecule has 0 unspecified atom stereocenters. The quantitative estimate of drug-likeness (QED) is 0.801. The first-order valence-corrected chi connectivity index (χ1v) is 8.64. The maximum Gasteiger partial charge on any atom is 0.325 e. The number of carbonyl (C=O) groups is 3. The molecule has 4 amide bonds. The lowest BCUT2D eigenvalue weighted by Gasteiger charge is -2.33. The molecule has 2 fully saturated rings. The van der Waals surface area contributed by atoms with Gasteiger partial charge in [0.15, 0.2) is 0 Å². The van der Waals surface area contributed by atoms with Gasteiger partial charge in [0, 0.05) is 0 Å². The van der Waals surface area contributed by atoms with E-state index in [0.29, 0.717) is 30.4 Å². The van der Waals surface area contributed by atoms with Gasteiger partial charge in [0.1, 0.15) is 17.8 Å². The maximum absolute atomic E-state index is 12.7. The first-order chi connectivity index (χ1) is 11.8. The van der Waals surface area contributed by atoms with E-state index in [9.17, 15) is 14.4 Å². The van der Waals surface area contributed by atoms with Crippen LogP contribution in [-0.2, 0) is 16.1 Å². The molecule has 1 aromatic heterocycles. The fourth-order valence-corrected chi connectivity index (χ4v) is 3.40. The molecule has 0 bridgehead atoms. The van der Waals surface area contributed by atoms with E-state index in [1.807, 2.05) is 6.92 Å². The van der Waals surface area contributed by atoms with Gasteiger partial charge >= 0.3 is 6.03 Å². The first-order valence-electron chi connectivity index (χ1n) is 8.64. The Balaban J connectivity index is 1.57. The van der Waals surface area contributed by atoms with Crippen molar-refractivity contribution in [2.24, 2.45) is 5.92 Å². The number of hydrogen-bond donors (Lipinski definition) is 2. The Morgan fingerprint density at radius 3 is 2.64 bits per heavy atom. The Kier molecular flexibility index (Phi) is 4.53. The molecule has 1 aliphatic carbocycles. The molecule has 25 heavy (non-hydrogen) atoms. The number of nitrogens with one attached hydrogen (secondary N) is 2. The summed E-state index contributed by atoms with van der Waals surface area (Å²) in [6, 6.07) is -0.488. The highest BCUT2D eigenvalue weighted by molar-refractivity contribution is 6.09. The van der Waals surface area contributed by atoms with Crippen molar-refractivity contribution < 1.29 is 18.8 Å². The summed E-state index contributed by atoms with van der Waals surface area (Å²) < 4.78 is 5.39. The Hall–Kier alpha value is -2.38. The number of aryl methyl sites for hydroxylation is 2. The molecular weight excluding hydrogens is 324 g/mol. The van der Waals surface area contributed by atoms with Gasteiger partial charge in [-0.2, -0.15) is 0 Å². The molecule has 8 heteroatoms. The topological polar surface area (TPSA) is 105 Å². The second kappa shape index (κ2) is 6.50. The van der Waals surface area contributed by atoms with Crippen molar-refractivity contribution in [2.45, 2.75) is 58.5 Å². The van der Waals surface area contributed by atoms with Crippen LogP contribution >= 0.6 is 0 Å². The maximum atomic E-state index is 12.7. The fraction of sp³-hybridized carbons (Fsp3) is 0.647. The van der Waals surface area contributed by atoms with Crippen LogP contribution in [0.25, 0.3) is 0 Å². The average molecular weight is 348 g/mol. The molecule has 1 aromatic rings. The van der Waals surface area contributed by atoms with Gasteiger partial charge < -0.3 is 15.1 Å². The zero-order valence-corrected chi connectivity index (χ0v) is 14.8. The highest BCUT2D eigenvalue weighted by Gasteiger charge is 2.52. The number of oxazole rings is 1. The summed E-state index contributed by atoms with van der Waals surface area (Å²) in [5.74, 6) is 0.950. The lowest BCUT2D eigenvalue weighted by Crippen LogP contribution is -2.49. The van der Waals surface area contributed by atoms with Gasteiger partial charge in [0.05, 0.1) is 12.2 Å². The second-order valence-corrected chi connectivity index (χ2v) is 7.11. The van der Waals surface area contributed by atoms with Crippen molar-refractivity contribution in [3.8, 4) is 0 Å². The van der Waals surface area contributed by atoms with E-state index in [1.54, 1.807) is 6.92 Å². The smallest absolute Gasteiger partial charge is 0.325 e. The highest BCUT2D eigenvalue weighted by atomic mass is 16.4.